The van der Waals surface area contributed by atoms with Gasteiger partial charge in [0.2, 0.25) is 0 Å². The number of sulfone groups is 1. The molecule has 0 aliphatic heterocycles. The highest BCUT2D eigenvalue weighted by atomic mass is 35.5. The van der Waals surface area contributed by atoms with Crippen molar-refractivity contribution in [2.75, 3.05) is 18.1 Å². The second-order valence-electron chi connectivity index (χ2n) is 5.10. The van der Waals surface area contributed by atoms with Crippen molar-refractivity contribution in [1.82, 2.24) is 0 Å². The molecule has 1 aromatic carbocycles. The van der Waals surface area contributed by atoms with Gasteiger partial charge in [-0.05, 0) is 30.9 Å². The van der Waals surface area contributed by atoms with Gasteiger partial charge in [0.25, 0.3) is 0 Å². The number of hydrogen-bond donors (Lipinski definition) is 1. The summed E-state index contributed by atoms with van der Waals surface area (Å²) in [5.41, 5.74) is 6.89. The fraction of sp³-hybridized carbons (Fsp3) is 0.600. The molecule has 0 amide bonds. The molecule has 2 N–H and O–H groups in total. The molecule has 0 saturated carbocycles. The molecule has 0 aliphatic carbocycles. The van der Waals surface area contributed by atoms with Crippen molar-refractivity contribution in [3.63, 3.8) is 0 Å². The van der Waals surface area contributed by atoms with Gasteiger partial charge in [0.05, 0.1) is 16.5 Å². The van der Waals surface area contributed by atoms with Gasteiger partial charge in [-0.3, -0.25) is 0 Å². The third-order valence-electron chi connectivity index (χ3n) is 3.21. The Kier molecular flexibility index (Phi) is 7.49. The molecule has 1 unspecified atom stereocenters. The van der Waals surface area contributed by atoms with E-state index in [-0.39, 0.29) is 24.2 Å². The van der Waals surface area contributed by atoms with E-state index in [0.29, 0.717) is 23.6 Å². The number of rotatable bonds is 9. The SMILES string of the molecule is CCCS(=O)(=O)CCOc1c(Cl)cccc1CC(N)CC. The van der Waals surface area contributed by atoms with E-state index in [4.69, 9.17) is 22.1 Å². The topological polar surface area (TPSA) is 69.4 Å². The van der Waals surface area contributed by atoms with Crippen molar-refractivity contribution in [2.24, 2.45) is 5.73 Å². The van der Waals surface area contributed by atoms with Crippen molar-refractivity contribution in [1.29, 1.82) is 0 Å². The van der Waals surface area contributed by atoms with Crippen LogP contribution >= 0.6 is 11.6 Å². The van der Waals surface area contributed by atoms with Crippen LogP contribution in [0.2, 0.25) is 5.02 Å². The number of hydrogen-bond acceptors (Lipinski definition) is 4. The van der Waals surface area contributed by atoms with Crippen LogP contribution in [0, 0.1) is 0 Å². The summed E-state index contributed by atoms with van der Waals surface area (Å²) in [4.78, 5) is 0. The molecule has 120 valence electrons. The quantitative estimate of drug-likeness (QED) is 0.754. The van der Waals surface area contributed by atoms with Gasteiger partial charge < -0.3 is 10.5 Å². The number of benzene rings is 1. The van der Waals surface area contributed by atoms with E-state index in [1.807, 2.05) is 26.0 Å². The summed E-state index contributed by atoms with van der Waals surface area (Å²) in [5, 5.41) is 0.490. The smallest absolute Gasteiger partial charge is 0.153 e. The molecule has 0 saturated heterocycles. The minimum atomic E-state index is -3.05. The summed E-state index contributed by atoms with van der Waals surface area (Å²) in [6.07, 6.45) is 2.13. The summed E-state index contributed by atoms with van der Waals surface area (Å²) < 4.78 is 29.0. The zero-order valence-corrected chi connectivity index (χ0v) is 14.2. The predicted molar refractivity (Wildman–Crippen MR) is 87.9 cm³/mol. The Morgan fingerprint density at radius 2 is 2.00 bits per heavy atom. The molecule has 1 aromatic rings. The number of para-hydroxylation sites is 1. The maximum atomic E-state index is 11.7. The lowest BCUT2D eigenvalue weighted by Crippen LogP contribution is -2.22. The number of halogens is 1. The van der Waals surface area contributed by atoms with Gasteiger partial charge in [0, 0.05) is 6.04 Å². The van der Waals surface area contributed by atoms with Crippen molar-refractivity contribution in [2.45, 2.75) is 39.2 Å². The van der Waals surface area contributed by atoms with Gasteiger partial charge in [-0.2, -0.15) is 0 Å². The van der Waals surface area contributed by atoms with E-state index in [2.05, 4.69) is 0 Å². The molecule has 0 spiro atoms. The maximum absolute atomic E-state index is 11.7. The van der Waals surface area contributed by atoms with Gasteiger partial charge in [-0.25, -0.2) is 8.42 Å². The van der Waals surface area contributed by atoms with E-state index >= 15 is 0 Å². The largest absolute Gasteiger partial charge is 0.491 e. The molecule has 0 bridgehead atoms. The fourth-order valence-corrected chi connectivity index (χ4v) is 3.40. The Labute approximate surface area is 132 Å². The molecule has 1 rings (SSSR count). The average Bonchev–Trinajstić information content (AvgIpc) is 2.41. The highest BCUT2D eigenvalue weighted by Crippen LogP contribution is 2.29. The lowest BCUT2D eigenvalue weighted by atomic mass is 10.0. The Bertz CT molecular complexity index is 546. The first-order valence-corrected chi connectivity index (χ1v) is 9.45. The molecular formula is C15H24ClNO3S. The second-order valence-corrected chi connectivity index (χ2v) is 7.81. The van der Waals surface area contributed by atoms with Crippen LogP contribution in [-0.4, -0.2) is 32.6 Å². The molecule has 0 heterocycles. The molecule has 0 fully saturated rings. The van der Waals surface area contributed by atoms with E-state index in [1.165, 1.54) is 0 Å². The Morgan fingerprint density at radius 3 is 2.62 bits per heavy atom. The third-order valence-corrected chi connectivity index (χ3v) is 5.33. The van der Waals surface area contributed by atoms with Crippen molar-refractivity contribution >= 4 is 21.4 Å². The summed E-state index contributed by atoms with van der Waals surface area (Å²) in [6, 6.07) is 5.53. The summed E-state index contributed by atoms with van der Waals surface area (Å²) >= 11 is 6.15. The molecule has 1 atom stereocenters. The monoisotopic (exact) mass is 333 g/mol. The lowest BCUT2D eigenvalue weighted by molar-refractivity contribution is 0.336. The van der Waals surface area contributed by atoms with Crippen molar-refractivity contribution in [3.8, 4) is 5.75 Å². The van der Waals surface area contributed by atoms with Crippen molar-refractivity contribution in [3.05, 3.63) is 28.8 Å². The van der Waals surface area contributed by atoms with Crippen LogP contribution in [0.3, 0.4) is 0 Å². The first kappa shape index (κ1) is 18.3. The molecule has 21 heavy (non-hydrogen) atoms. The first-order chi connectivity index (χ1) is 9.89. The highest BCUT2D eigenvalue weighted by molar-refractivity contribution is 7.91. The minimum absolute atomic E-state index is 0.00529. The van der Waals surface area contributed by atoms with Gasteiger partial charge >= 0.3 is 0 Å². The lowest BCUT2D eigenvalue weighted by Gasteiger charge is -2.15. The van der Waals surface area contributed by atoms with E-state index < -0.39 is 9.84 Å². The van der Waals surface area contributed by atoms with Gasteiger partial charge in [0.15, 0.2) is 9.84 Å². The summed E-state index contributed by atoms with van der Waals surface area (Å²) in [5.74, 6) is 0.743. The molecule has 6 heteroatoms. The van der Waals surface area contributed by atoms with Crippen LogP contribution in [0.5, 0.6) is 5.75 Å². The van der Waals surface area contributed by atoms with Crippen LogP contribution < -0.4 is 10.5 Å². The van der Waals surface area contributed by atoms with Crippen LogP contribution in [0.25, 0.3) is 0 Å². The number of ether oxygens (including phenoxy) is 1. The van der Waals surface area contributed by atoms with Gasteiger partial charge in [0.1, 0.15) is 12.4 Å². The maximum Gasteiger partial charge on any atom is 0.153 e. The van der Waals surface area contributed by atoms with E-state index in [1.54, 1.807) is 6.07 Å². The fourth-order valence-electron chi connectivity index (χ4n) is 1.99. The summed E-state index contributed by atoms with van der Waals surface area (Å²) in [6.45, 7) is 3.98. The second kappa shape index (κ2) is 8.61. The predicted octanol–water partition coefficient (Wildman–Crippen LogP) is 2.82. The zero-order chi connectivity index (χ0) is 15.9. The standard InChI is InChI=1S/C15H24ClNO3S/c1-3-9-21(18,19)10-8-20-15-12(11-13(17)4-2)6-5-7-14(15)16/h5-7,13H,3-4,8-11,17H2,1-2H3. The summed E-state index contributed by atoms with van der Waals surface area (Å²) in [7, 11) is -3.05. The molecule has 0 radical (unpaired) electrons. The van der Waals surface area contributed by atoms with Crippen LogP contribution in [0.4, 0.5) is 0 Å². The van der Waals surface area contributed by atoms with E-state index in [9.17, 15) is 8.42 Å². The molecule has 0 aliphatic rings. The number of nitrogens with two attached hydrogens (primary N) is 1. The van der Waals surface area contributed by atoms with E-state index in [0.717, 1.165) is 12.0 Å². The average molecular weight is 334 g/mol. The van der Waals surface area contributed by atoms with Gasteiger partial charge in [-0.1, -0.05) is 37.6 Å². The third kappa shape index (κ3) is 6.24. The van der Waals surface area contributed by atoms with Crippen LogP contribution in [0.15, 0.2) is 18.2 Å². The Hall–Kier alpha value is -0.780. The Balaban J connectivity index is 2.74. The molecule has 0 aromatic heterocycles. The normalized spacial score (nSPS) is 13.1. The van der Waals surface area contributed by atoms with Crippen LogP contribution in [-0.2, 0) is 16.3 Å². The zero-order valence-electron chi connectivity index (χ0n) is 12.6. The van der Waals surface area contributed by atoms with Crippen LogP contribution in [0.1, 0.15) is 32.3 Å². The first-order valence-electron chi connectivity index (χ1n) is 7.25. The minimum Gasteiger partial charge on any atom is -0.491 e. The highest BCUT2D eigenvalue weighted by Gasteiger charge is 2.14. The van der Waals surface area contributed by atoms with Gasteiger partial charge in [-0.15, -0.1) is 0 Å². The molecule has 4 nitrogen and oxygen atoms in total. The van der Waals surface area contributed by atoms with Crippen molar-refractivity contribution < 1.29 is 13.2 Å². The Morgan fingerprint density at radius 1 is 1.29 bits per heavy atom. The molecular weight excluding hydrogens is 310 g/mol.